The van der Waals surface area contributed by atoms with Crippen molar-refractivity contribution in [3.05, 3.63) is 48.6 Å². The molecular weight excluding hydrogens is 835 g/mol. The molecule has 390 valence electrons. The summed E-state index contributed by atoms with van der Waals surface area (Å²) in [7, 11) is 5.43. The van der Waals surface area contributed by atoms with Crippen LogP contribution in [0.15, 0.2) is 48.6 Å². The summed E-state index contributed by atoms with van der Waals surface area (Å²) >= 11 is 0. The van der Waals surface area contributed by atoms with Gasteiger partial charge in [-0.05, 0) is 51.4 Å². The lowest BCUT2D eigenvalue weighted by atomic mass is 10.0. The highest BCUT2D eigenvalue weighted by Crippen LogP contribution is 2.17. The number of likely N-dealkylation sites (N-methyl/N-ethyl adjacent to an activating group) is 1. The molecule has 0 aliphatic carbocycles. The maximum Gasteiger partial charge on any atom is 0.306 e. The number of allylic oxidation sites excluding steroid dienone is 8. The summed E-state index contributed by atoms with van der Waals surface area (Å²) in [6.07, 6.45) is 61.5. The molecule has 0 aromatic carbocycles. The fraction of sp³-hybridized carbons (Fsp3) is 0.814. The second-order valence-corrected chi connectivity index (χ2v) is 20.2. The van der Waals surface area contributed by atoms with E-state index in [9.17, 15) is 19.5 Å². The minimum absolute atomic E-state index is 0.0413. The predicted octanol–water partition coefficient (Wildman–Crippen LogP) is 15.4. The topological polar surface area (TPSA) is 102 Å². The summed E-state index contributed by atoms with van der Waals surface area (Å²) in [6.45, 7) is 4.59. The van der Waals surface area contributed by atoms with Gasteiger partial charge in [0.15, 0.2) is 6.10 Å². The molecule has 0 aromatic rings. The molecule has 0 aliphatic heterocycles. The highest BCUT2D eigenvalue weighted by molar-refractivity contribution is 5.70. The maximum absolute atomic E-state index is 12.8. The molecule has 0 N–H and O–H groups in total. The number of carbonyl (C=O) groups excluding carboxylic acids is 3. The third-order valence-corrected chi connectivity index (χ3v) is 12.7. The molecule has 0 heterocycles. The van der Waals surface area contributed by atoms with Gasteiger partial charge in [-0.15, -0.1) is 0 Å². The van der Waals surface area contributed by atoms with Crippen molar-refractivity contribution in [3.63, 3.8) is 0 Å². The Morgan fingerprint density at radius 3 is 1.24 bits per heavy atom. The first-order valence-electron chi connectivity index (χ1n) is 28.2. The highest BCUT2D eigenvalue weighted by Gasteiger charge is 2.25. The van der Waals surface area contributed by atoms with Crippen molar-refractivity contribution in [1.82, 2.24) is 0 Å². The van der Waals surface area contributed by atoms with Crippen LogP contribution in [0, 0.1) is 0 Å². The van der Waals surface area contributed by atoms with E-state index >= 15 is 0 Å². The number of carboxylic acids is 1. The van der Waals surface area contributed by atoms with E-state index < -0.39 is 18.1 Å². The quantitative estimate of drug-likeness (QED) is 0.0259. The van der Waals surface area contributed by atoms with Crippen molar-refractivity contribution in [1.29, 1.82) is 0 Å². The Bertz CT molecular complexity index is 1230. The Balaban J connectivity index is 4.17. The summed E-state index contributed by atoms with van der Waals surface area (Å²) < 4.78 is 17.3. The summed E-state index contributed by atoms with van der Waals surface area (Å²) in [4.78, 5) is 37.1. The molecule has 0 fully saturated rings. The van der Waals surface area contributed by atoms with Crippen molar-refractivity contribution in [2.75, 3.05) is 41.0 Å². The average molecular weight is 943 g/mol. The summed E-state index contributed by atoms with van der Waals surface area (Å²) in [5.74, 6) is -1.72. The minimum Gasteiger partial charge on any atom is -0.544 e. The molecule has 2 atom stereocenters. The van der Waals surface area contributed by atoms with Gasteiger partial charge in [0.2, 0.25) is 0 Å². The average Bonchev–Trinajstić information content (AvgIpc) is 3.29. The van der Waals surface area contributed by atoms with Gasteiger partial charge in [0.1, 0.15) is 12.6 Å². The second kappa shape index (κ2) is 49.7. The lowest BCUT2D eigenvalue weighted by Crippen LogP contribution is -2.55. The first-order chi connectivity index (χ1) is 32.6. The number of carbonyl (C=O) groups is 3. The van der Waals surface area contributed by atoms with Gasteiger partial charge in [-0.3, -0.25) is 9.59 Å². The number of ether oxygens (including phenoxy) is 3. The molecule has 0 saturated heterocycles. The smallest absolute Gasteiger partial charge is 0.306 e. The van der Waals surface area contributed by atoms with Gasteiger partial charge in [0, 0.05) is 19.3 Å². The summed E-state index contributed by atoms with van der Waals surface area (Å²) in [6, 6.07) is -0.727. The number of quaternary nitrogens is 1. The van der Waals surface area contributed by atoms with Crippen molar-refractivity contribution in [3.8, 4) is 0 Å². The first-order valence-corrected chi connectivity index (χ1v) is 28.2. The summed E-state index contributed by atoms with van der Waals surface area (Å²) in [5.41, 5.74) is 0. The SMILES string of the molecule is CC/C=C\C/C=C\C/C=C\C/C=C\CCCCCCCCCCCCC(=O)OC(COCCC(C(=O)[O-])[N+](C)(C)C)COC(=O)CCCCCCCCCCCCCCCCCCCCCC. The molecular formula is C59H107NO7. The number of aliphatic carboxylic acids is 1. The second-order valence-electron chi connectivity index (χ2n) is 20.2. The molecule has 8 heteroatoms. The number of hydrogen-bond acceptors (Lipinski definition) is 7. The fourth-order valence-corrected chi connectivity index (χ4v) is 8.42. The largest absolute Gasteiger partial charge is 0.544 e. The van der Waals surface area contributed by atoms with Crippen LogP contribution in [-0.4, -0.2) is 75.5 Å². The molecule has 0 aliphatic rings. The van der Waals surface area contributed by atoms with Crippen LogP contribution >= 0.6 is 0 Å². The van der Waals surface area contributed by atoms with Crippen LogP contribution in [0.25, 0.3) is 0 Å². The lowest BCUT2D eigenvalue weighted by molar-refractivity contribution is -0.889. The first kappa shape index (κ1) is 64.3. The van der Waals surface area contributed by atoms with E-state index in [-0.39, 0.29) is 42.7 Å². The van der Waals surface area contributed by atoms with Crippen LogP contribution in [0.1, 0.15) is 258 Å². The van der Waals surface area contributed by atoms with Crippen molar-refractivity contribution in [2.24, 2.45) is 0 Å². The zero-order valence-corrected chi connectivity index (χ0v) is 44.6. The van der Waals surface area contributed by atoms with E-state index in [2.05, 4.69) is 62.5 Å². The van der Waals surface area contributed by atoms with Crippen LogP contribution in [0.5, 0.6) is 0 Å². The van der Waals surface area contributed by atoms with Gasteiger partial charge in [-0.1, -0.05) is 236 Å². The van der Waals surface area contributed by atoms with E-state index in [1.807, 2.05) is 21.1 Å². The molecule has 8 nitrogen and oxygen atoms in total. The number of rotatable bonds is 51. The summed E-state index contributed by atoms with van der Waals surface area (Å²) in [5, 5.41) is 11.7. The van der Waals surface area contributed by atoms with Crippen molar-refractivity contribution >= 4 is 17.9 Å². The van der Waals surface area contributed by atoms with Crippen LogP contribution in [0.2, 0.25) is 0 Å². The molecule has 0 amide bonds. The number of nitrogens with zero attached hydrogens (tertiary/aromatic N) is 1. The molecule has 0 aromatic heterocycles. The van der Waals surface area contributed by atoms with Gasteiger partial charge < -0.3 is 28.6 Å². The Kier molecular flexibility index (Phi) is 47.7. The molecule has 67 heavy (non-hydrogen) atoms. The Morgan fingerprint density at radius 1 is 0.463 bits per heavy atom. The van der Waals surface area contributed by atoms with Gasteiger partial charge in [0.25, 0.3) is 0 Å². The van der Waals surface area contributed by atoms with Gasteiger partial charge in [-0.2, -0.15) is 0 Å². The van der Waals surface area contributed by atoms with E-state index in [1.165, 1.54) is 161 Å². The van der Waals surface area contributed by atoms with Gasteiger partial charge in [0.05, 0.1) is 40.3 Å². The van der Waals surface area contributed by atoms with Crippen molar-refractivity contribution in [2.45, 2.75) is 270 Å². The molecule has 0 rings (SSSR count). The monoisotopic (exact) mass is 942 g/mol. The van der Waals surface area contributed by atoms with Gasteiger partial charge >= 0.3 is 11.9 Å². The van der Waals surface area contributed by atoms with E-state index in [0.717, 1.165) is 64.2 Å². The third kappa shape index (κ3) is 48.1. The van der Waals surface area contributed by atoms with Gasteiger partial charge in [-0.25, -0.2) is 0 Å². The highest BCUT2D eigenvalue weighted by atomic mass is 16.6. The van der Waals surface area contributed by atoms with Crippen molar-refractivity contribution < 1.29 is 38.2 Å². The number of hydrogen-bond donors (Lipinski definition) is 0. The Hall–Kier alpha value is -2.71. The number of unbranched alkanes of at least 4 members (excludes halogenated alkanes) is 29. The fourth-order valence-electron chi connectivity index (χ4n) is 8.42. The normalized spacial score (nSPS) is 13.1. The standard InChI is InChI=1S/C59H107NO7/c1-6-8-10-12-14-16-18-20-22-24-26-28-29-30-32-34-36-38-40-42-44-46-48-50-58(62)67-55(53-65-52-51-56(59(63)64)60(3,4)5)54-66-57(61)49-47-45-43-41-39-37-35-33-31-27-25-23-21-19-17-15-13-11-9-7-2/h8,10,14,16,20,22,26,28,55-56H,6-7,9,11-13,15,17-19,21,23-25,27,29-54H2,1-5H3/b10-8-,16-14-,22-20-,28-26-. The number of esters is 2. The molecule has 0 radical (unpaired) electrons. The zero-order valence-electron chi connectivity index (χ0n) is 44.6. The van der Waals surface area contributed by atoms with E-state index in [4.69, 9.17) is 14.2 Å². The molecule has 0 spiro atoms. The van der Waals surface area contributed by atoms with Crippen LogP contribution in [0.3, 0.4) is 0 Å². The molecule has 2 unspecified atom stereocenters. The van der Waals surface area contributed by atoms with E-state index in [1.54, 1.807) is 0 Å². The minimum atomic E-state index is -1.12. The van der Waals surface area contributed by atoms with Crippen LogP contribution in [-0.2, 0) is 28.6 Å². The van der Waals surface area contributed by atoms with Crippen LogP contribution < -0.4 is 5.11 Å². The molecule has 0 bridgehead atoms. The predicted molar refractivity (Wildman–Crippen MR) is 282 cm³/mol. The molecule has 0 saturated carbocycles. The Labute approximate surface area is 414 Å². The Morgan fingerprint density at radius 2 is 0.836 bits per heavy atom. The third-order valence-electron chi connectivity index (χ3n) is 12.7. The maximum atomic E-state index is 12.8. The number of carboxylic acid groups (broad SMARTS) is 1. The zero-order chi connectivity index (χ0) is 49.2. The van der Waals surface area contributed by atoms with Crippen LogP contribution in [0.4, 0.5) is 0 Å². The van der Waals surface area contributed by atoms with E-state index in [0.29, 0.717) is 12.8 Å². The lowest BCUT2D eigenvalue weighted by Gasteiger charge is -2.34.